The number of pyridine rings is 1. The fraction of sp³-hybridized carbons (Fsp3) is 0.167. The van der Waals surface area contributed by atoms with Gasteiger partial charge in [-0.15, -0.1) is 0 Å². The Morgan fingerprint density at radius 1 is 1.19 bits per heavy atom. The highest BCUT2D eigenvalue weighted by Gasteiger charge is 2.37. The Bertz CT molecular complexity index is 1480. The van der Waals surface area contributed by atoms with Crippen LogP contribution in [-0.2, 0) is 4.79 Å². The Morgan fingerprint density at radius 3 is 2.74 bits per heavy atom. The fourth-order valence-electron chi connectivity index (χ4n) is 4.42. The maximum absolute atomic E-state index is 12.6. The minimum absolute atomic E-state index is 0.0180. The third kappa shape index (κ3) is 2.81. The van der Waals surface area contributed by atoms with Gasteiger partial charge in [0.2, 0.25) is 0 Å². The number of aromatic hydroxyl groups is 1. The fourth-order valence-corrected chi connectivity index (χ4v) is 4.42. The number of ether oxygens (including phenoxy) is 1. The number of fused-ring (bicyclic) bond motifs is 4. The molecule has 0 radical (unpaired) electrons. The summed E-state index contributed by atoms with van der Waals surface area (Å²) in [6.07, 6.45) is 1.63. The number of hydrogen-bond acceptors (Lipinski definition) is 7. The molecule has 0 fully saturated rings. The Morgan fingerprint density at radius 2 is 1.97 bits per heavy atom. The summed E-state index contributed by atoms with van der Waals surface area (Å²) in [5.74, 6) is -2.00. The Balaban J connectivity index is 1.97. The number of para-hydroxylation sites is 1. The second-order valence-electron chi connectivity index (χ2n) is 7.62. The van der Waals surface area contributed by atoms with E-state index < -0.39 is 23.3 Å². The van der Waals surface area contributed by atoms with Crippen LogP contribution in [0.4, 0.5) is 0 Å². The monoisotopic (exact) mass is 415 g/mol. The van der Waals surface area contributed by atoms with Gasteiger partial charge in [-0.25, -0.2) is 4.79 Å². The molecule has 1 aliphatic heterocycles. The average molecular weight is 415 g/mol. The largest absolute Gasteiger partial charge is 0.506 e. The second-order valence-corrected chi connectivity index (χ2v) is 7.62. The summed E-state index contributed by atoms with van der Waals surface area (Å²) in [5.41, 5.74) is 1.80. The standard InChI is InChI=1S/C24H17NO6/c1-11-9-17(27)30-23-19(11)22(29)20(12(2)26)24-21(23)15(10-18(28)31-24)13-7-8-25-16-6-4-3-5-14(13)16/h3-9,15,29H,10H2,1-2H3/t15-/m1/s1. The number of phenols is 1. The van der Waals surface area contributed by atoms with E-state index in [9.17, 15) is 19.5 Å². The maximum atomic E-state index is 12.6. The Hall–Kier alpha value is -4.00. The molecule has 0 amide bonds. The van der Waals surface area contributed by atoms with E-state index in [1.165, 1.54) is 13.0 Å². The minimum Gasteiger partial charge on any atom is -0.506 e. The van der Waals surface area contributed by atoms with Crippen molar-refractivity contribution < 1.29 is 23.8 Å². The van der Waals surface area contributed by atoms with Crippen molar-refractivity contribution in [1.29, 1.82) is 0 Å². The summed E-state index contributed by atoms with van der Waals surface area (Å²) < 4.78 is 11.0. The molecule has 0 bridgehead atoms. The molecule has 1 N–H and O–H groups in total. The first kappa shape index (κ1) is 19.0. The van der Waals surface area contributed by atoms with Crippen molar-refractivity contribution in [2.75, 3.05) is 0 Å². The van der Waals surface area contributed by atoms with Crippen LogP contribution < -0.4 is 10.4 Å². The summed E-state index contributed by atoms with van der Waals surface area (Å²) in [4.78, 5) is 41.6. The summed E-state index contributed by atoms with van der Waals surface area (Å²) in [7, 11) is 0. The number of carbonyl (C=O) groups is 2. The van der Waals surface area contributed by atoms with Gasteiger partial charge in [0.05, 0.1) is 17.3 Å². The first-order valence-corrected chi connectivity index (χ1v) is 9.75. The van der Waals surface area contributed by atoms with Gasteiger partial charge in [-0.05, 0) is 37.1 Å². The van der Waals surface area contributed by atoms with Crippen molar-refractivity contribution in [3.05, 3.63) is 75.3 Å². The number of nitrogens with zero attached hydrogens (tertiary/aromatic N) is 1. The summed E-state index contributed by atoms with van der Waals surface area (Å²) in [6.45, 7) is 2.94. The molecular weight excluding hydrogens is 398 g/mol. The van der Waals surface area contributed by atoms with Gasteiger partial charge in [-0.2, -0.15) is 0 Å². The topological polar surface area (TPSA) is 107 Å². The van der Waals surface area contributed by atoms with E-state index in [0.29, 0.717) is 11.1 Å². The molecule has 1 atom stereocenters. The van der Waals surface area contributed by atoms with Crippen molar-refractivity contribution >= 4 is 33.6 Å². The average Bonchev–Trinajstić information content (AvgIpc) is 2.71. The predicted octanol–water partition coefficient (Wildman–Crippen LogP) is 4.00. The molecule has 4 aromatic rings. The number of carbonyl (C=O) groups excluding carboxylic acids is 2. The summed E-state index contributed by atoms with van der Waals surface area (Å²) in [6, 6.07) is 10.6. The number of esters is 1. The number of hydrogen-bond donors (Lipinski definition) is 1. The maximum Gasteiger partial charge on any atom is 0.336 e. The molecule has 0 unspecified atom stereocenters. The van der Waals surface area contributed by atoms with E-state index in [1.807, 2.05) is 24.3 Å². The molecule has 154 valence electrons. The number of aromatic nitrogens is 1. The van der Waals surface area contributed by atoms with Crippen LogP contribution in [0, 0.1) is 6.92 Å². The SMILES string of the molecule is CC(=O)c1c2c(c3oc(=O)cc(C)c3c1O)[C@@H](c1ccnc3ccccc13)CC(=O)O2. The molecule has 1 aliphatic rings. The molecule has 0 saturated heterocycles. The van der Waals surface area contributed by atoms with E-state index in [0.717, 1.165) is 16.5 Å². The van der Waals surface area contributed by atoms with Crippen LogP contribution in [-0.4, -0.2) is 21.8 Å². The lowest BCUT2D eigenvalue weighted by Gasteiger charge is -2.28. The molecule has 3 heterocycles. The van der Waals surface area contributed by atoms with Crippen molar-refractivity contribution in [2.24, 2.45) is 0 Å². The lowest BCUT2D eigenvalue weighted by molar-refractivity contribution is -0.135. The Labute approximate surface area is 175 Å². The molecular formula is C24H17NO6. The van der Waals surface area contributed by atoms with Gasteiger partial charge >= 0.3 is 11.6 Å². The van der Waals surface area contributed by atoms with Gasteiger partial charge < -0.3 is 14.3 Å². The van der Waals surface area contributed by atoms with Gasteiger partial charge in [0.1, 0.15) is 16.9 Å². The van der Waals surface area contributed by atoms with Crippen molar-refractivity contribution in [1.82, 2.24) is 4.98 Å². The van der Waals surface area contributed by atoms with Crippen LogP contribution in [0.15, 0.2) is 51.8 Å². The molecule has 2 aromatic heterocycles. The summed E-state index contributed by atoms with van der Waals surface area (Å²) in [5, 5.41) is 12.0. The number of ketones is 1. The van der Waals surface area contributed by atoms with Crippen molar-refractivity contribution in [3.8, 4) is 11.5 Å². The second kappa shape index (κ2) is 6.77. The van der Waals surface area contributed by atoms with E-state index in [4.69, 9.17) is 9.15 Å². The molecule has 5 rings (SSSR count). The minimum atomic E-state index is -0.600. The zero-order valence-electron chi connectivity index (χ0n) is 16.8. The first-order valence-electron chi connectivity index (χ1n) is 9.75. The zero-order chi connectivity index (χ0) is 21.9. The van der Waals surface area contributed by atoms with Crippen LogP contribution in [0.25, 0.3) is 21.9 Å². The van der Waals surface area contributed by atoms with Gasteiger partial charge in [0.25, 0.3) is 0 Å². The molecule has 7 nitrogen and oxygen atoms in total. The summed E-state index contributed by atoms with van der Waals surface area (Å²) >= 11 is 0. The van der Waals surface area contributed by atoms with E-state index in [-0.39, 0.29) is 34.5 Å². The smallest absolute Gasteiger partial charge is 0.336 e. The number of rotatable bonds is 2. The Kier molecular flexibility index (Phi) is 4.15. The van der Waals surface area contributed by atoms with Gasteiger partial charge in [0, 0.05) is 29.1 Å². The van der Waals surface area contributed by atoms with E-state index in [1.54, 1.807) is 19.2 Å². The van der Waals surface area contributed by atoms with Crippen LogP contribution in [0.1, 0.15) is 46.3 Å². The van der Waals surface area contributed by atoms with Crippen LogP contribution >= 0.6 is 0 Å². The van der Waals surface area contributed by atoms with Crippen molar-refractivity contribution in [3.63, 3.8) is 0 Å². The normalized spacial score (nSPS) is 15.7. The number of benzene rings is 2. The molecule has 7 heteroatoms. The lowest BCUT2D eigenvalue weighted by Crippen LogP contribution is -2.24. The van der Waals surface area contributed by atoms with Gasteiger partial charge in [-0.1, -0.05) is 18.2 Å². The van der Waals surface area contributed by atoms with Crippen LogP contribution in [0.3, 0.4) is 0 Å². The van der Waals surface area contributed by atoms with Gasteiger partial charge in [0.15, 0.2) is 11.5 Å². The third-order valence-electron chi connectivity index (χ3n) is 5.69. The predicted molar refractivity (Wildman–Crippen MR) is 113 cm³/mol. The first-order chi connectivity index (χ1) is 14.9. The van der Waals surface area contributed by atoms with Crippen LogP contribution in [0.2, 0.25) is 0 Å². The highest BCUT2D eigenvalue weighted by molar-refractivity contribution is 6.09. The quantitative estimate of drug-likeness (QED) is 0.228. The zero-order valence-corrected chi connectivity index (χ0v) is 16.8. The molecule has 0 spiro atoms. The van der Waals surface area contributed by atoms with E-state index >= 15 is 0 Å². The molecule has 2 aromatic carbocycles. The number of phenolic OH excluding ortho intramolecular Hbond substituents is 1. The molecule has 0 aliphatic carbocycles. The highest BCUT2D eigenvalue weighted by Crippen LogP contribution is 2.50. The number of aryl methyl sites for hydroxylation is 1. The van der Waals surface area contributed by atoms with Crippen molar-refractivity contribution in [2.45, 2.75) is 26.2 Å². The number of Topliss-reactive ketones (excluding diaryl/α,β-unsaturated/α-hetero) is 1. The van der Waals surface area contributed by atoms with Crippen LogP contribution in [0.5, 0.6) is 11.5 Å². The lowest BCUT2D eigenvalue weighted by atomic mass is 9.81. The van der Waals surface area contributed by atoms with E-state index in [2.05, 4.69) is 4.98 Å². The van der Waals surface area contributed by atoms with Gasteiger partial charge in [-0.3, -0.25) is 14.6 Å². The third-order valence-corrected chi connectivity index (χ3v) is 5.69. The molecule has 0 saturated carbocycles. The molecule has 31 heavy (non-hydrogen) atoms. The highest BCUT2D eigenvalue weighted by atomic mass is 16.5.